The van der Waals surface area contributed by atoms with Crippen LogP contribution in [0.1, 0.15) is 206 Å². The lowest BCUT2D eigenvalue weighted by Gasteiger charge is -2.05. The van der Waals surface area contributed by atoms with Gasteiger partial charge in [-0.15, -0.1) is 0 Å². The Kier molecular flexibility index (Phi) is 32.0. The zero-order chi connectivity index (χ0) is 26.2. The predicted molar refractivity (Wildman–Crippen MR) is 161 cm³/mol. The van der Waals surface area contributed by atoms with E-state index in [0.717, 1.165) is 12.8 Å². The number of ether oxygens (including phenoxy) is 1. The maximum absolute atomic E-state index is 11.8. The van der Waals surface area contributed by atoms with Crippen molar-refractivity contribution in [3.05, 3.63) is 0 Å². The second kappa shape index (κ2) is 32.5. The van der Waals surface area contributed by atoms with E-state index in [0.29, 0.717) is 13.0 Å². The van der Waals surface area contributed by atoms with E-state index in [4.69, 9.17) is 4.74 Å². The summed E-state index contributed by atoms with van der Waals surface area (Å²) in [4.78, 5) is 11.8. The maximum Gasteiger partial charge on any atom is 0.305 e. The molecule has 2 heteroatoms. The second-order valence-corrected chi connectivity index (χ2v) is 11.5. The molecule has 0 fully saturated rings. The number of unbranched alkanes of at least 4 members (excludes halogenated alkanes) is 27. The molecule has 0 saturated heterocycles. The molecular weight excluding hydrogens is 440 g/mol. The van der Waals surface area contributed by atoms with Crippen molar-refractivity contribution in [2.75, 3.05) is 6.61 Å². The van der Waals surface area contributed by atoms with Crippen LogP contribution in [0.2, 0.25) is 0 Å². The Bertz CT molecular complexity index is 406. The van der Waals surface area contributed by atoms with Crippen LogP contribution in [0, 0.1) is 0 Å². The van der Waals surface area contributed by atoms with Crippen molar-refractivity contribution in [3.8, 4) is 0 Å². The number of carbonyl (C=O) groups is 1. The van der Waals surface area contributed by atoms with E-state index in [1.165, 1.54) is 173 Å². The lowest BCUT2D eigenvalue weighted by molar-refractivity contribution is -0.143. The molecule has 0 aromatic heterocycles. The predicted octanol–water partition coefficient (Wildman–Crippen LogP) is 12.3. The van der Waals surface area contributed by atoms with Gasteiger partial charge in [-0.2, -0.15) is 0 Å². The summed E-state index contributed by atoms with van der Waals surface area (Å²) in [5.74, 6) is 0.0224. The van der Waals surface area contributed by atoms with Crippen LogP contribution in [0.25, 0.3) is 0 Å². The third kappa shape index (κ3) is 31.5. The van der Waals surface area contributed by atoms with Crippen molar-refractivity contribution in [2.24, 2.45) is 0 Å². The molecule has 0 bridgehead atoms. The lowest BCUT2D eigenvalue weighted by atomic mass is 10.0. The molecule has 0 unspecified atom stereocenters. The Morgan fingerprint density at radius 2 is 0.611 bits per heavy atom. The van der Waals surface area contributed by atoms with Crippen molar-refractivity contribution in [3.63, 3.8) is 0 Å². The van der Waals surface area contributed by atoms with E-state index in [9.17, 15) is 4.79 Å². The van der Waals surface area contributed by atoms with E-state index in [2.05, 4.69) is 13.8 Å². The summed E-state index contributed by atoms with van der Waals surface area (Å²) < 4.78 is 5.38. The van der Waals surface area contributed by atoms with Crippen LogP contribution >= 0.6 is 0 Å². The highest BCUT2D eigenvalue weighted by molar-refractivity contribution is 5.69. The summed E-state index contributed by atoms with van der Waals surface area (Å²) in [6.45, 7) is 5.18. The van der Waals surface area contributed by atoms with Gasteiger partial charge in [-0.25, -0.2) is 0 Å². The van der Waals surface area contributed by atoms with Crippen molar-refractivity contribution in [1.82, 2.24) is 0 Å². The van der Waals surface area contributed by atoms with Gasteiger partial charge in [-0.3, -0.25) is 4.79 Å². The fraction of sp³-hybridized carbons (Fsp3) is 0.971. The van der Waals surface area contributed by atoms with Crippen LogP contribution in [0.15, 0.2) is 0 Å². The van der Waals surface area contributed by atoms with E-state index in [1.807, 2.05) is 0 Å². The number of hydrogen-bond donors (Lipinski definition) is 0. The fourth-order valence-electron chi connectivity index (χ4n) is 5.20. The summed E-state index contributed by atoms with van der Waals surface area (Å²) in [5, 5.41) is 0. The molecule has 0 rings (SSSR count). The number of carbonyl (C=O) groups excluding carboxylic acids is 1. The van der Waals surface area contributed by atoms with Gasteiger partial charge < -0.3 is 4.74 Å². The van der Waals surface area contributed by atoms with Crippen LogP contribution in [-0.2, 0) is 9.53 Å². The number of rotatable bonds is 31. The minimum Gasteiger partial charge on any atom is -0.466 e. The fourth-order valence-corrected chi connectivity index (χ4v) is 5.20. The largest absolute Gasteiger partial charge is 0.466 e. The Morgan fingerprint density at radius 3 is 0.917 bits per heavy atom. The summed E-state index contributed by atoms with van der Waals surface area (Å²) in [6.07, 6.45) is 40.3. The Balaban J connectivity index is 3.11. The number of esters is 1. The highest BCUT2D eigenvalue weighted by Gasteiger charge is 2.02. The molecule has 0 amide bonds. The number of hydrogen-bond acceptors (Lipinski definition) is 2. The highest BCUT2D eigenvalue weighted by Crippen LogP contribution is 2.15. The van der Waals surface area contributed by atoms with Gasteiger partial charge in [0.15, 0.2) is 0 Å². The molecule has 0 aromatic carbocycles. The molecule has 0 N–H and O–H groups in total. The van der Waals surface area contributed by atoms with Gasteiger partial charge >= 0.3 is 5.97 Å². The average molecular weight is 509 g/mol. The molecular formula is C34H68O2. The van der Waals surface area contributed by atoms with Gasteiger partial charge in [-0.1, -0.05) is 187 Å². The standard InChI is InChI=1S/C34H68O2/c1-3-5-7-9-11-12-13-14-15-16-17-18-19-20-21-22-23-24-25-26-28-30-32-34(35)36-33-31-29-27-10-8-6-4-2/h3-33H2,1-2H3. The Labute approximate surface area is 228 Å². The van der Waals surface area contributed by atoms with Crippen molar-refractivity contribution in [2.45, 2.75) is 206 Å². The first kappa shape index (κ1) is 35.5. The topological polar surface area (TPSA) is 26.3 Å². The first-order chi connectivity index (χ1) is 17.8. The molecule has 0 heterocycles. The van der Waals surface area contributed by atoms with Crippen molar-refractivity contribution < 1.29 is 9.53 Å². The first-order valence-electron chi connectivity index (χ1n) is 17.0. The molecule has 0 aromatic rings. The van der Waals surface area contributed by atoms with Gasteiger partial charge in [-0.05, 0) is 12.8 Å². The summed E-state index contributed by atoms with van der Waals surface area (Å²) in [7, 11) is 0. The summed E-state index contributed by atoms with van der Waals surface area (Å²) in [5.41, 5.74) is 0. The van der Waals surface area contributed by atoms with Gasteiger partial charge in [0.05, 0.1) is 6.61 Å². The van der Waals surface area contributed by atoms with Gasteiger partial charge in [0.25, 0.3) is 0 Å². The van der Waals surface area contributed by atoms with E-state index < -0.39 is 0 Å². The van der Waals surface area contributed by atoms with E-state index >= 15 is 0 Å². The minimum atomic E-state index is 0.0224. The molecule has 216 valence electrons. The molecule has 36 heavy (non-hydrogen) atoms. The van der Waals surface area contributed by atoms with Crippen LogP contribution in [0.4, 0.5) is 0 Å². The van der Waals surface area contributed by atoms with E-state index in [1.54, 1.807) is 0 Å². The third-order valence-corrected chi connectivity index (χ3v) is 7.75. The summed E-state index contributed by atoms with van der Waals surface area (Å²) in [6, 6.07) is 0. The van der Waals surface area contributed by atoms with Gasteiger partial charge in [0.1, 0.15) is 0 Å². The quantitative estimate of drug-likeness (QED) is 0.0687. The molecule has 0 aliphatic heterocycles. The molecule has 0 saturated carbocycles. The molecule has 0 aliphatic rings. The van der Waals surface area contributed by atoms with Crippen molar-refractivity contribution in [1.29, 1.82) is 0 Å². The molecule has 0 aliphatic carbocycles. The van der Waals surface area contributed by atoms with Gasteiger partial charge in [0, 0.05) is 6.42 Å². The van der Waals surface area contributed by atoms with Gasteiger partial charge in [0.2, 0.25) is 0 Å². The molecule has 0 radical (unpaired) electrons. The average Bonchev–Trinajstić information content (AvgIpc) is 2.88. The SMILES string of the molecule is CCCCCCCCCCCCCCCCCCCCCCCCC(=O)OCCCCCCCCC. The lowest BCUT2D eigenvalue weighted by Crippen LogP contribution is -2.05. The summed E-state index contributed by atoms with van der Waals surface area (Å²) >= 11 is 0. The normalized spacial score (nSPS) is 11.3. The maximum atomic E-state index is 11.8. The zero-order valence-corrected chi connectivity index (χ0v) is 25.2. The Morgan fingerprint density at radius 1 is 0.361 bits per heavy atom. The second-order valence-electron chi connectivity index (χ2n) is 11.5. The highest BCUT2D eigenvalue weighted by atomic mass is 16.5. The van der Waals surface area contributed by atoms with Crippen LogP contribution in [0.3, 0.4) is 0 Å². The molecule has 0 spiro atoms. The van der Waals surface area contributed by atoms with Crippen LogP contribution in [0.5, 0.6) is 0 Å². The monoisotopic (exact) mass is 509 g/mol. The van der Waals surface area contributed by atoms with E-state index in [-0.39, 0.29) is 5.97 Å². The zero-order valence-electron chi connectivity index (χ0n) is 25.2. The molecule has 0 atom stereocenters. The van der Waals surface area contributed by atoms with Crippen LogP contribution in [-0.4, -0.2) is 12.6 Å². The van der Waals surface area contributed by atoms with Crippen LogP contribution < -0.4 is 0 Å². The van der Waals surface area contributed by atoms with Crippen molar-refractivity contribution >= 4 is 5.97 Å². The third-order valence-electron chi connectivity index (χ3n) is 7.75. The minimum absolute atomic E-state index is 0.0224. The first-order valence-corrected chi connectivity index (χ1v) is 17.0. The Hall–Kier alpha value is -0.530. The smallest absolute Gasteiger partial charge is 0.305 e. The molecule has 2 nitrogen and oxygen atoms in total.